The third kappa shape index (κ3) is 3.88. The monoisotopic (exact) mass is 279 g/mol. The first-order chi connectivity index (χ1) is 9.18. The molecule has 104 valence electrons. The molecule has 19 heavy (non-hydrogen) atoms. The van der Waals surface area contributed by atoms with Crippen LogP contribution in [0, 0.1) is 6.92 Å². The second kappa shape index (κ2) is 6.82. The van der Waals surface area contributed by atoms with E-state index in [9.17, 15) is 0 Å². The number of fused-ring (bicyclic) bond motifs is 1. The highest BCUT2D eigenvalue weighted by Crippen LogP contribution is 2.28. The second-order valence-corrected chi connectivity index (χ2v) is 5.75. The SMILES string of the molecule is Cc1csc2c(NCCCCOC(C)C)ncnc12. The van der Waals surface area contributed by atoms with Gasteiger partial charge in [0.25, 0.3) is 0 Å². The average molecular weight is 279 g/mol. The molecule has 0 unspecified atom stereocenters. The van der Waals surface area contributed by atoms with Gasteiger partial charge in [0.1, 0.15) is 12.1 Å². The molecule has 0 bridgehead atoms. The Bertz CT molecular complexity index is 524. The number of anilines is 1. The van der Waals surface area contributed by atoms with Crippen LogP contribution in [0.15, 0.2) is 11.7 Å². The summed E-state index contributed by atoms with van der Waals surface area (Å²) in [5.41, 5.74) is 2.28. The summed E-state index contributed by atoms with van der Waals surface area (Å²) in [7, 11) is 0. The number of nitrogens with zero attached hydrogens (tertiary/aromatic N) is 2. The van der Waals surface area contributed by atoms with Gasteiger partial charge in [-0.15, -0.1) is 11.3 Å². The van der Waals surface area contributed by atoms with Crippen LogP contribution in [0.25, 0.3) is 10.2 Å². The normalized spacial score (nSPS) is 11.4. The van der Waals surface area contributed by atoms with Gasteiger partial charge in [-0.05, 0) is 44.6 Å². The van der Waals surface area contributed by atoms with E-state index < -0.39 is 0 Å². The van der Waals surface area contributed by atoms with E-state index in [0.29, 0.717) is 6.10 Å². The summed E-state index contributed by atoms with van der Waals surface area (Å²) in [4.78, 5) is 8.64. The maximum atomic E-state index is 5.52. The van der Waals surface area contributed by atoms with Crippen molar-refractivity contribution in [2.24, 2.45) is 0 Å². The van der Waals surface area contributed by atoms with Crippen LogP contribution < -0.4 is 5.32 Å². The Morgan fingerprint density at radius 2 is 2.16 bits per heavy atom. The van der Waals surface area contributed by atoms with Gasteiger partial charge in [-0.2, -0.15) is 0 Å². The summed E-state index contributed by atoms with van der Waals surface area (Å²) in [6.45, 7) is 7.96. The fraction of sp³-hybridized carbons (Fsp3) is 0.571. The highest BCUT2D eigenvalue weighted by Gasteiger charge is 2.07. The molecule has 0 aliphatic carbocycles. The van der Waals surface area contributed by atoms with Gasteiger partial charge in [-0.25, -0.2) is 9.97 Å². The lowest BCUT2D eigenvalue weighted by molar-refractivity contribution is 0.0765. The molecule has 0 spiro atoms. The third-order valence-electron chi connectivity index (χ3n) is 2.85. The lowest BCUT2D eigenvalue weighted by Crippen LogP contribution is -2.07. The standard InChI is InChI=1S/C14H21N3OS/c1-10(2)18-7-5-4-6-15-14-13-12(16-9-17-14)11(3)8-19-13/h8-10H,4-7H2,1-3H3,(H,15,16,17). The molecule has 5 heteroatoms. The number of rotatable bonds is 7. The minimum Gasteiger partial charge on any atom is -0.379 e. The van der Waals surface area contributed by atoms with Crippen molar-refractivity contribution in [3.63, 3.8) is 0 Å². The van der Waals surface area contributed by atoms with Crippen molar-refractivity contribution >= 4 is 27.4 Å². The maximum absolute atomic E-state index is 5.52. The molecular weight excluding hydrogens is 258 g/mol. The van der Waals surface area contributed by atoms with E-state index in [1.54, 1.807) is 17.7 Å². The Morgan fingerprint density at radius 3 is 2.95 bits per heavy atom. The zero-order chi connectivity index (χ0) is 13.7. The number of ether oxygens (including phenoxy) is 1. The van der Waals surface area contributed by atoms with Crippen molar-refractivity contribution in [1.29, 1.82) is 0 Å². The molecule has 0 atom stereocenters. The predicted molar refractivity (Wildman–Crippen MR) is 81.0 cm³/mol. The van der Waals surface area contributed by atoms with E-state index in [-0.39, 0.29) is 0 Å². The summed E-state index contributed by atoms with van der Waals surface area (Å²) >= 11 is 1.70. The molecule has 0 aromatic carbocycles. The Morgan fingerprint density at radius 1 is 1.32 bits per heavy atom. The van der Waals surface area contributed by atoms with E-state index >= 15 is 0 Å². The van der Waals surface area contributed by atoms with Crippen LogP contribution in [0.2, 0.25) is 0 Å². The van der Waals surface area contributed by atoms with Crippen molar-refractivity contribution in [2.45, 2.75) is 39.7 Å². The molecule has 0 aliphatic rings. The molecule has 0 amide bonds. The van der Waals surface area contributed by atoms with E-state index in [4.69, 9.17) is 4.74 Å². The molecule has 2 aromatic rings. The smallest absolute Gasteiger partial charge is 0.147 e. The predicted octanol–water partition coefficient (Wildman–Crippen LogP) is 3.62. The van der Waals surface area contributed by atoms with Crippen molar-refractivity contribution in [3.05, 3.63) is 17.3 Å². The largest absolute Gasteiger partial charge is 0.379 e. The van der Waals surface area contributed by atoms with Gasteiger partial charge in [0, 0.05) is 13.2 Å². The summed E-state index contributed by atoms with van der Waals surface area (Å²) in [5, 5.41) is 5.52. The van der Waals surface area contributed by atoms with Gasteiger partial charge in [0.15, 0.2) is 0 Å². The molecule has 0 aliphatic heterocycles. The Balaban J connectivity index is 1.82. The zero-order valence-electron chi connectivity index (χ0n) is 11.8. The van der Waals surface area contributed by atoms with Crippen molar-refractivity contribution in [2.75, 3.05) is 18.5 Å². The van der Waals surface area contributed by atoms with Gasteiger partial charge in [-0.1, -0.05) is 0 Å². The van der Waals surface area contributed by atoms with E-state index in [2.05, 4.69) is 41.4 Å². The molecule has 1 N–H and O–H groups in total. The van der Waals surface area contributed by atoms with Gasteiger partial charge in [0.2, 0.25) is 0 Å². The molecule has 2 aromatic heterocycles. The van der Waals surface area contributed by atoms with Gasteiger partial charge >= 0.3 is 0 Å². The van der Waals surface area contributed by atoms with Gasteiger partial charge in [-0.3, -0.25) is 0 Å². The summed E-state index contributed by atoms with van der Waals surface area (Å²) in [6.07, 6.45) is 4.11. The average Bonchev–Trinajstić information content (AvgIpc) is 2.76. The minimum absolute atomic E-state index is 0.323. The Kier molecular flexibility index (Phi) is 5.10. The molecule has 2 heterocycles. The summed E-state index contributed by atoms with van der Waals surface area (Å²) in [5.74, 6) is 0.952. The van der Waals surface area contributed by atoms with Crippen LogP contribution in [0.1, 0.15) is 32.3 Å². The zero-order valence-corrected chi connectivity index (χ0v) is 12.6. The fourth-order valence-corrected chi connectivity index (χ4v) is 2.82. The number of aryl methyl sites for hydroxylation is 1. The first-order valence-corrected chi connectivity index (χ1v) is 7.60. The third-order valence-corrected chi connectivity index (χ3v) is 3.94. The highest BCUT2D eigenvalue weighted by atomic mass is 32.1. The van der Waals surface area contributed by atoms with Crippen LogP contribution in [0.3, 0.4) is 0 Å². The van der Waals surface area contributed by atoms with Gasteiger partial charge < -0.3 is 10.1 Å². The van der Waals surface area contributed by atoms with Crippen molar-refractivity contribution in [3.8, 4) is 0 Å². The number of nitrogens with one attached hydrogen (secondary N) is 1. The Hall–Kier alpha value is -1.20. The number of unbranched alkanes of at least 4 members (excludes halogenated alkanes) is 1. The Labute approximate surface area is 118 Å². The molecule has 2 rings (SSSR count). The highest BCUT2D eigenvalue weighted by molar-refractivity contribution is 7.18. The fourth-order valence-electron chi connectivity index (χ4n) is 1.85. The topological polar surface area (TPSA) is 47.0 Å². The lowest BCUT2D eigenvalue weighted by atomic mass is 10.3. The number of aromatic nitrogens is 2. The molecule has 0 fully saturated rings. The van der Waals surface area contributed by atoms with Crippen molar-refractivity contribution < 1.29 is 4.74 Å². The maximum Gasteiger partial charge on any atom is 0.147 e. The number of hydrogen-bond acceptors (Lipinski definition) is 5. The van der Waals surface area contributed by atoms with Crippen molar-refractivity contribution in [1.82, 2.24) is 9.97 Å². The second-order valence-electron chi connectivity index (χ2n) is 4.87. The quantitative estimate of drug-likeness (QED) is 0.786. The van der Waals surface area contributed by atoms with Crippen LogP contribution in [-0.2, 0) is 4.74 Å². The summed E-state index contributed by atoms with van der Waals surface area (Å²) < 4.78 is 6.67. The van der Waals surface area contributed by atoms with Crippen LogP contribution in [0.4, 0.5) is 5.82 Å². The van der Waals surface area contributed by atoms with Gasteiger partial charge in [0.05, 0.1) is 16.3 Å². The first kappa shape index (κ1) is 14.2. The molecule has 4 nitrogen and oxygen atoms in total. The van der Waals surface area contributed by atoms with Crippen LogP contribution >= 0.6 is 11.3 Å². The van der Waals surface area contributed by atoms with E-state index in [0.717, 1.165) is 42.0 Å². The number of hydrogen-bond donors (Lipinski definition) is 1. The molecule has 0 saturated heterocycles. The molecule has 0 saturated carbocycles. The molecular formula is C14H21N3OS. The van der Waals surface area contributed by atoms with Crippen LogP contribution in [0.5, 0.6) is 0 Å². The number of thiophene rings is 1. The lowest BCUT2D eigenvalue weighted by Gasteiger charge is -2.08. The summed E-state index contributed by atoms with van der Waals surface area (Å²) in [6, 6.07) is 0. The van der Waals surface area contributed by atoms with E-state index in [1.165, 1.54) is 5.56 Å². The first-order valence-electron chi connectivity index (χ1n) is 6.72. The van der Waals surface area contributed by atoms with E-state index in [1.807, 2.05) is 0 Å². The minimum atomic E-state index is 0.323. The molecule has 0 radical (unpaired) electrons. The van der Waals surface area contributed by atoms with Crippen LogP contribution in [-0.4, -0.2) is 29.2 Å².